The maximum atomic E-state index is 9.53. The SMILES string of the molecule is OCC(Cc1cccc(Cl)c1)Cc1ccccc1Cl. The molecule has 2 aromatic rings. The molecule has 19 heavy (non-hydrogen) atoms. The van der Waals surface area contributed by atoms with Gasteiger partial charge in [0.25, 0.3) is 0 Å². The van der Waals surface area contributed by atoms with Crippen molar-refractivity contribution in [3.05, 3.63) is 69.7 Å². The minimum absolute atomic E-state index is 0.137. The Bertz CT molecular complexity index is 540. The molecule has 0 saturated heterocycles. The van der Waals surface area contributed by atoms with Crippen molar-refractivity contribution in [3.8, 4) is 0 Å². The van der Waals surface area contributed by atoms with Crippen LogP contribution in [0.3, 0.4) is 0 Å². The second-order valence-corrected chi connectivity index (χ2v) is 5.52. The second-order valence-electron chi connectivity index (χ2n) is 4.68. The van der Waals surface area contributed by atoms with Crippen LogP contribution in [-0.4, -0.2) is 11.7 Å². The molecule has 0 aromatic heterocycles. The molecule has 1 nitrogen and oxygen atoms in total. The van der Waals surface area contributed by atoms with Crippen LogP contribution in [0.5, 0.6) is 0 Å². The van der Waals surface area contributed by atoms with Gasteiger partial charge >= 0.3 is 0 Å². The summed E-state index contributed by atoms with van der Waals surface area (Å²) in [5, 5.41) is 11.0. The Labute approximate surface area is 123 Å². The van der Waals surface area contributed by atoms with E-state index in [0.717, 1.165) is 34.0 Å². The van der Waals surface area contributed by atoms with Crippen LogP contribution in [0.4, 0.5) is 0 Å². The topological polar surface area (TPSA) is 20.2 Å². The highest BCUT2D eigenvalue weighted by molar-refractivity contribution is 6.31. The summed E-state index contributed by atoms with van der Waals surface area (Å²) in [5.74, 6) is 0.151. The fourth-order valence-corrected chi connectivity index (χ4v) is 2.60. The summed E-state index contributed by atoms with van der Waals surface area (Å²) in [5.41, 5.74) is 2.21. The number of hydrogen-bond acceptors (Lipinski definition) is 1. The lowest BCUT2D eigenvalue weighted by molar-refractivity contribution is 0.225. The van der Waals surface area contributed by atoms with Crippen molar-refractivity contribution < 1.29 is 5.11 Å². The number of rotatable bonds is 5. The molecular weight excluding hydrogens is 279 g/mol. The highest BCUT2D eigenvalue weighted by Gasteiger charge is 2.11. The standard InChI is InChI=1S/C16H16Cl2O/c17-15-6-3-4-12(10-15)8-13(11-19)9-14-5-1-2-7-16(14)18/h1-7,10,13,19H,8-9,11H2. The van der Waals surface area contributed by atoms with Crippen LogP contribution in [0, 0.1) is 5.92 Å². The summed E-state index contributed by atoms with van der Waals surface area (Å²) in [7, 11) is 0. The van der Waals surface area contributed by atoms with Crippen LogP contribution < -0.4 is 0 Å². The van der Waals surface area contributed by atoms with Crippen molar-refractivity contribution >= 4 is 23.2 Å². The Kier molecular flexibility index (Phi) is 5.26. The average molecular weight is 295 g/mol. The zero-order valence-electron chi connectivity index (χ0n) is 10.5. The van der Waals surface area contributed by atoms with E-state index in [0.29, 0.717) is 0 Å². The molecule has 0 aliphatic rings. The summed E-state index contributed by atoms with van der Waals surface area (Å²) in [6.07, 6.45) is 1.56. The van der Waals surface area contributed by atoms with E-state index in [1.165, 1.54) is 0 Å². The lowest BCUT2D eigenvalue weighted by Gasteiger charge is -2.15. The van der Waals surface area contributed by atoms with E-state index < -0.39 is 0 Å². The van der Waals surface area contributed by atoms with E-state index in [1.807, 2.05) is 48.5 Å². The minimum atomic E-state index is 0.137. The Morgan fingerprint density at radius 3 is 2.42 bits per heavy atom. The normalized spacial score (nSPS) is 12.4. The fourth-order valence-electron chi connectivity index (χ4n) is 2.17. The highest BCUT2D eigenvalue weighted by Crippen LogP contribution is 2.22. The minimum Gasteiger partial charge on any atom is -0.396 e. The molecule has 3 heteroatoms. The lowest BCUT2D eigenvalue weighted by Crippen LogP contribution is -2.13. The van der Waals surface area contributed by atoms with Crippen LogP contribution in [0.2, 0.25) is 10.0 Å². The number of halogens is 2. The molecule has 1 N–H and O–H groups in total. The smallest absolute Gasteiger partial charge is 0.0465 e. The maximum Gasteiger partial charge on any atom is 0.0465 e. The summed E-state index contributed by atoms with van der Waals surface area (Å²) < 4.78 is 0. The third-order valence-corrected chi connectivity index (χ3v) is 3.74. The third kappa shape index (κ3) is 4.24. The van der Waals surface area contributed by atoms with Gasteiger partial charge in [-0.05, 0) is 48.1 Å². The average Bonchev–Trinajstić information content (AvgIpc) is 2.40. The summed E-state index contributed by atoms with van der Waals surface area (Å²) in [6.45, 7) is 0.137. The van der Waals surface area contributed by atoms with Crippen molar-refractivity contribution in [2.75, 3.05) is 6.61 Å². The highest BCUT2D eigenvalue weighted by atomic mass is 35.5. The molecule has 0 radical (unpaired) electrons. The lowest BCUT2D eigenvalue weighted by atomic mass is 9.93. The largest absolute Gasteiger partial charge is 0.396 e. The Morgan fingerprint density at radius 1 is 0.947 bits per heavy atom. The van der Waals surface area contributed by atoms with Crippen LogP contribution in [-0.2, 0) is 12.8 Å². The Hall–Kier alpha value is -1.02. The first kappa shape index (κ1) is 14.4. The first-order valence-corrected chi connectivity index (χ1v) is 7.03. The van der Waals surface area contributed by atoms with Crippen molar-refractivity contribution in [3.63, 3.8) is 0 Å². The van der Waals surface area contributed by atoms with E-state index in [4.69, 9.17) is 23.2 Å². The van der Waals surface area contributed by atoms with Gasteiger partial charge in [0, 0.05) is 16.7 Å². The molecule has 1 atom stereocenters. The van der Waals surface area contributed by atoms with Gasteiger partial charge in [-0.15, -0.1) is 0 Å². The second kappa shape index (κ2) is 6.95. The zero-order chi connectivity index (χ0) is 13.7. The Balaban J connectivity index is 2.07. The van der Waals surface area contributed by atoms with Crippen LogP contribution in [0.1, 0.15) is 11.1 Å². The quantitative estimate of drug-likeness (QED) is 0.867. The molecular formula is C16H16Cl2O. The molecule has 0 amide bonds. The molecule has 0 fully saturated rings. The molecule has 2 rings (SSSR count). The first-order valence-electron chi connectivity index (χ1n) is 6.27. The molecule has 1 unspecified atom stereocenters. The van der Waals surface area contributed by atoms with E-state index in [9.17, 15) is 5.11 Å². The molecule has 0 aliphatic carbocycles. The number of aliphatic hydroxyl groups excluding tert-OH is 1. The summed E-state index contributed by atoms with van der Waals surface area (Å²) in [6, 6.07) is 15.5. The monoisotopic (exact) mass is 294 g/mol. The van der Waals surface area contributed by atoms with Gasteiger partial charge in [0.2, 0.25) is 0 Å². The van der Waals surface area contributed by atoms with Gasteiger partial charge in [-0.25, -0.2) is 0 Å². The van der Waals surface area contributed by atoms with E-state index >= 15 is 0 Å². The molecule has 0 bridgehead atoms. The van der Waals surface area contributed by atoms with E-state index in [2.05, 4.69) is 0 Å². The zero-order valence-corrected chi connectivity index (χ0v) is 12.0. The predicted octanol–water partition coefficient (Wildman–Crippen LogP) is 4.39. The number of benzene rings is 2. The molecule has 100 valence electrons. The third-order valence-electron chi connectivity index (χ3n) is 3.14. The van der Waals surface area contributed by atoms with E-state index in [1.54, 1.807) is 0 Å². The van der Waals surface area contributed by atoms with Crippen molar-refractivity contribution in [2.45, 2.75) is 12.8 Å². The van der Waals surface area contributed by atoms with Crippen LogP contribution in [0.15, 0.2) is 48.5 Å². The molecule has 2 aromatic carbocycles. The van der Waals surface area contributed by atoms with Gasteiger partial charge in [0.05, 0.1) is 0 Å². The number of aliphatic hydroxyl groups is 1. The maximum absolute atomic E-state index is 9.53. The van der Waals surface area contributed by atoms with Crippen LogP contribution >= 0.6 is 23.2 Å². The van der Waals surface area contributed by atoms with Crippen molar-refractivity contribution in [2.24, 2.45) is 5.92 Å². The predicted molar refractivity (Wildman–Crippen MR) is 80.9 cm³/mol. The molecule has 0 heterocycles. The molecule has 0 saturated carbocycles. The summed E-state index contributed by atoms with van der Waals surface area (Å²) >= 11 is 12.1. The molecule has 0 aliphatic heterocycles. The molecule has 0 spiro atoms. The fraction of sp³-hybridized carbons (Fsp3) is 0.250. The van der Waals surface area contributed by atoms with Gasteiger partial charge in [-0.3, -0.25) is 0 Å². The first-order chi connectivity index (χ1) is 9.19. The van der Waals surface area contributed by atoms with Gasteiger partial charge in [0.1, 0.15) is 0 Å². The van der Waals surface area contributed by atoms with Gasteiger partial charge in [-0.2, -0.15) is 0 Å². The Morgan fingerprint density at radius 2 is 1.74 bits per heavy atom. The van der Waals surface area contributed by atoms with Gasteiger partial charge in [0.15, 0.2) is 0 Å². The van der Waals surface area contributed by atoms with Crippen molar-refractivity contribution in [1.29, 1.82) is 0 Å². The summed E-state index contributed by atoms with van der Waals surface area (Å²) in [4.78, 5) is 0. The van der Waals surface area contributed by atoms with Gasteiger partial charge < -0.3 is 5.11 Å². The van der Waals surface area contributed by atoms with E-state index in [-0.39, 0.29) is 12.5 Å². The number of hydrogen-bond donors (Lipinski definition) is 1. The van der Waals surface area contributed by atoms with Crippen molar-refractivity contribution in [1.82, 2.24) is 0 Å². The van der Waals surface area contributed by atoms with Gasteiger partial charge in [-0.1, -0.05) is 53.5 Å². The van der Waals surface area contributed by atoms with Crippen LogP contribution in [0.25, 0.3) is 0 Å².